The molecule has 1 aromatic carbocycles. The number of halogens is 1. The van der Waals surface area contributed by atoms with E-state index >= 15 is 0 Å². The Morgan fingerprint density at radius 1 is 1.26 bits per heavy atom. The average Bonchev–Trinajstić information content (AvgIpc) is 3.36. The van der Waals surface area contributed by atoms with Crippen molar-refractivity contribution in [3.8, 4) is 0 Å². The Bertz CT molecular complexity index is 1050. The molecule has 0 saturated carbocycles. The molecule has 1 saturated heterocycles. The van der Waals surface area contributed by atoms with Gasteiger partial charge in [-0.25, -0.2) is 17.6 Å². The first kappa shape index (κ1) is 30.3. The summed E-state index contributed by atoms with van der Waals surface area (Å²) in [6, 6.07) is 8.89. The molecule has 35 heavy (non-hydrogen) atoms. The van der Waals surface area contributed by atoms with Gasteiger partial charge in [-0.2, -0.15) is 0 Å². The number of alkyl halides is 1. The smallest absolute Gasteiger partial charge is 0.345 e. The quantitative estimate of drug-likeness (QED) is 0.220. The normalized spacial score (nSPS) is 19.8. The first-order chi connectivity index (χ1) is 16.3. The maximum atomic E-state index is 14.7. The number of ether oxygens (including phenoxy) is 2. The van der Waals surface area contributed by atoms with Gasteiger partial charge in [0.1, 0.15) is 22.8 Å². The molecule has 1 aliphatic rings. The number of unbranched alkanes of at least 4 members (excludes halogenated alkanes) is 2. The number of carbonyl (C=O) groups excluding carboxylic acids is 1. The van der Waals surface area contributed by atoms with Crippen LogP contribution in [0.4, 0.5) is 10.1 Å². The molecule has 3 rings (SSSR count). The standard InChI is InChI=1S/C24H31FNO6S2.Y/c1-3-5-6-7-22(27)17-8-10-18(11-9-17)26-21(20(25)16-34(26,29)30)15-31-14-19-12-13-23(33-19)24(28)32-4-2;/h8-13,20-22,27H,2-7,14-16H2,1H3;/q-1;. The SMILES string of the molecule is [CH2-]COC(=O)c1ccc(COCC2C(F)CS(=O)(=O)N2c2ccc(C(O)CCCCC)cc2)s1.[Y]. The fourth-order valence-corrected chi connectivity index (χ4v) is 6.55. The van der Waals surface area contributed by atoms with Gasteiger partial charge >= 0.3 is 5.97 Å². The van der Waals surface area contributed by atoms with Gasteiger partial charge in [-0.05, 0) is 42.9 Å². The minimum Gasteiger partial charge on any atom is -0.495 e. The summed E-state index contributed by atoms with van der Waals surface area (Å²) in [6.45, 7) is 5.56. The van der Waals surface area contributed by atoms with E-state index < -0.39 is 40.1 Å². The Hall–Kier alpha value is -0.906. The summed E-state index contributed by atoms with van der Waals surface area (Å²) < 4.78 is 51.7. The van der Waals surface area contributed by atoms with E-state index in [4.69, 9.17) is 9.47 Å². The van der Waals surface area contributed by atoms with Gasteiger partial charge in [-0.3, -0.25) is 4.31 Å². The summed E-state index contributed by atoms with van der Waals surface area (Å²) in [5.41, 5.74) is 1.04. The van der Waals surface area contributed by atoms with Crippen molar-refractivity contribution < 1.29 is 64.9 Å². The minimum absolute atomic E-state index is 0. The molecule has 1 N–H and O–H groups in total. The maximum Gasteiger partial charge on any atom is 0.345 e. The molecule has 0 bridgehead atoms. The average molecular weight is 602 g/mol. The number of esters is 1. The molecule has 2 aromatic rings. The van der Waals surface area contributed by atoms with Gasteiger partial charge in [0, 0.05) is 37.6 Å². The van der Waals surface area contributed by atoms with Crippen LogP contribution in [0.5, 0.6) is 0 Å². The number of anilines is 1. The van der Waals surface area contributed by atoms with Crippen molar-refractivity contribution >= 4 is 33.0 Å². The number of carbonyl (C=O) groups is 1. The van der Waals surface area contributed by atoms with E-state index in [-0.39, 0.29) is 52.5 Å². The second kappa shape index (κ2) is 14.1. The van der Waals surface area contributed by atoms with Crippen LogP contribution in [0.25, 0.3) is 0 Å². The predicted molar refractivity (Wildman–Crippen MR) is 130 cm³/mol. The van der Waals surface area contributed by atoms with E-state index in [1.54, 1.807) is 36.4 Å². The third-order valence-electron chi connectivity index (χ3n) is 5.63. The van der Waals surface area contributed by atoms with Crippen LogP contribution in [0.1, 0.15) is 58.8 Å². The van der Waals surface area contributed by atoms with Crippen molar-refractivity contribution in [2.75, 3.05) is 23.3 Å². The van der Waals surface area contributed by atoms with Crippen molar-refractivity contribution in [2.24, 2.45) is 0 Å². The number of sulfonamides is 1. The van der Waals surface area contributed by atoms with Gasteiger partial charge in [-0.15, -0.1) is 11.3 Å². The number of benzene rings is 1. The van der Waals surface area contributed by atoms with Crippen LogP contribution in [0.3, 0.4) is 0 Å². The topological polar surface area (TPSA) is 93.1 Å². The van der Waals surface area contributed by atoms with Gasteiger partial charge in [-0.1, -0.05) is 38.3 Å². The fraction of sp³-hybridized carbons (Fsp3) is 0.500. The van der Waals surface area contributed by atoms with Crippen LogP contribution < -0.4 is 4.31 Å². The van der Waals surface area contributed by atoms with Crippen molar-refractivity contribution in [2.45, 2.75) is 57.5 Å². The zero-order valence-corrected chi connectivity index (χ0v) is 24.2. The van der Waals surface area contributed by atoms with Crippen LogP contribution >= 0.6 is 11.3 Å². The molecule has 0 spiro atoms. The van der Waals surface area contributed by atoms with Crippen LogP contribution in [0.15, 0.2) is 36.4 Å². The first-order valence-electron chi connectivity index (χ1n) is 11.3. The molecule has 1 aromatic heterocycles. The molecule has 1 aliphatic heterocycles. The van der Waals surface area contributed by atoms with Gasteiger partial charge < -0.3 is 21.5 Å². The van der Waals surface area contributed by atoms with Crippen LogP contribution in [-0.4, -0.2) is 50.7 Å². The van der Waals surface area contributed by atoms with E-state index in [1.807, 2.05) is 0 Å². The van der Waals surface area contributed by atoms with Gasteiger partial charge in [0.2, 0.25) is 10.0 Å². The number of thiophene rings is 1. The number of hydrogen-bond donors (Lipinski definition) is 1. The van der Waals surface area contributed by atoms with Crippen LogP contribution in [0, 0.1) is 6.92 Å². The molecule has 191 valence electrons. The van der Waals surface area contributed by atoms with E-state index in [2.05, 4.69) is 13.8 Å². The summed E-state index contributed by atoms with van der Waals surface area (Å²) in [4.78, 5) is 12.9. The monoisotopic (exact) mass is 601 g/mol. The Morgan fingerprint density at radius 2 is 1.97 bits per heavy atom. The van der Waals surface area contributed by atoms with Crippen molar-refractivity contribution in [1.29, 1.82) is 0 Å². The van der Waals surface area contributed by atoms with Gasteiger partial charge in [0.15, 0.2) is 0 Å². The van der Waals surface area contributed by atoms with Gasteiger partial charge in [0.05, 0.1) is 25.0 Å². The summed E-state index contributed by atoms with van der Waals surface area (Å²) in [6.07, 6.45) is 1.42. The molecule has 1 radical (unpaired) electrons. The third kappa shape index (κ3) is 8.04. The summed E-state index contributed by atoms with van der Waals surface area (Å²) in [5, 5.41) is 10.3. The van der Waals surface area contributed by atoms with Crippen LogP contribution in [0.2, 0.25) is 0 Å². The first-order valence-corrected chi connectivity index (χ1v) is 13.8. The molecule has 3 unspecified atom stereocenters. The molecule has 11 heteroatoms. The van der Waals surface area contributed by atoms with Crippen molar-refractivity contribution in [1.82, 2.24) is 0 Å². The molecule has 1 fully saturated rings. The zero-order valence-electron chi connectivity index (χ0n) is 19.8. The zero-order chi connectivity index (χ0) is 24.7. The second-order valence-electron chi connectivity index (χ2n) is 8.18. The van der Waals surface area contributed by atoms with Crippen LogP contribution in [-0.2, 0) is 58.8 Å². The maximum absolute atomic E-state index is 14.7. The predicted octanol–water partition coefficient (Wildman–Crippen LogP) is 4.42. The second-order valence-corrected chi connectivity index (χ2v) is 11.2. The fourth-order valence-electron chi connectivity index (χ4n) is 3.88. The summed E-state index contributed by atoms with van der Waals surface area (Å²) in [5.74, 6) is -1.08. The van der Waals surface area contributed by atoms with E-state index in [1.165, 1.54) is 11.3 Å². The van der Waals surface area contributed by atoms with E-state index in [9.17, 15) is 22.7 Å². The summed E-state index contributed by atoms with van der Waals surface area (Å²) >= 11 is 1.20. The van der Waals surface area contributed by atoms with Crippen molar-refractivity contribution in [3.63, 3.8) is 0 Å². The minimum atomic E-state index is -3.85. The number of rotatable bonds is 12. The number of aliphatic hydroxyl groups is 1. The van der Waals surface area contributed by atoms with Gasteiger partial charge in [0.25, 0.3) is 0 Å². The number of aliphatic hydroxyl groups excluding tert-OH is 1. The Balaban J connectivity index is 0.00000432. The molecule has 3 atom stereocenters. The number of hydrogen-bond acceptors (Lipinski definition) is 7. The summed E-state index contributed by atoms with van der Waals surface area (Å²) in [7, 11) is -3.85. The Morgan fingerprint density at radius 3 is 2.63 bits per heavy atom. The largest absolute Gasteiger partial charge is 0.495 e. The molecule has 0 aliphatic carbocycles. The van der Waals surface area contributed by atoms with E-state index in [0.29, 0.717) is 22.5 Å². The third-order valence-corrected chi connectivity index (χ3v) is 8.49. The Labute approximate surface area is 235 Å². The molecule has 2 heterocycles. The molecular weight excluding hydrogens is 570 g/mol. The number of nitrogens with zero attached hydrogens (tertiary/aromatic N) is 1. The van der Waals surface area contributed by atoms with Crippen molar-refractivity contribution in [3.05, 3.63) is 58.6 Å². The molecule has 0 amide bonds. The van der Waals surface area contributed by atoms with E-state index in [0.717, 1.165) is 28.4 Å². The molecular formula is C24H31FNO6S2Y-. The molecule has 7 nitrogen and oxygen atoms in total. The Kier molecular flexibility index (Phi) is 12.3.